The second kappa shape index (κ2) is 11.3. The highest BCUT2D eigenvalue weighted by atomic mass is 35.5. The fraction of sp³-hybridized carbons (Fsp3) is 0.231. The Morgan fingerprint density at radius 1 is 0.938 bits per heavy atom. The summed E-state index contributed by atoms with van der Waals surface area (Å²) >= 11 is 5.99. The Balaban J connectivity index is 1.94. The summed E-state index contributed by atoms with van der Waals surface area (Å²) in [5.41, 5.74) is 2.71. The van der Waals surface area contributed by atoms with Crippen molar-refractivity contribution in [2.45, 2.75) is 25.4 Å². The van der Waals surface area contributed by atoms with Crippen LogP contribution in [0.3, 0.4) is 0 Å². The number of amides is 2. The number of benzene rings is 3. The average molecular weight is 451 g/mol. The molecule has 3 rings (SSSR count). The summed E-state index contributed by atoms with van der Waals surface area (Å²) in [5, 5.41) is 3.34. The Bertz CT molecular complexity index is 1040. The summed E-state index contributed by atoms with van der Waals surface area (Å²) in [6, 6.07) is 23.8. The Morgan fingerprint density at radius 3 is 2.28 bits per heavy atom. The van der Waals surface area contributed by atoms with E-state index in [1.165, 1.54) is 0 Å². The van der Waals surface area contributed by atoms with E-state index in [0.717, 1.165) is 16.7 Å². The zero-order chi connectivity index (χ0) is 22.9. The van der Waals surface area contributed by atoms with E-state index in [2.05, 4.69) is 5.32 Å². The van der Waals surface area contributed by atoms with E-state index >= 15 is 0 Å². The zero-order valence-electron chi connectivity index (χ0n) is 18.3. The van der Waals surface area contributed by atoms with Gasteiger partial charge in [0.2, 0.25) is 11.8 Å². The maximum Gasteiger partial charge on any atom is 0.242 e. The lowest BCUT2D eigenvalue weighted by Gasteiger charge is -2.31. The fourth-order valence-corrected chi connectivity index (χ4v) is 3.69. The first-order chi connectivity index (χ1) is 15.5. The van der Waals surface area contributed by atoms with Crippen molar-refractivity contribution in [1.82, 2.24) is 10.2 Å². The molecule has 6 heteroatoms. The van der Waals surface area contributed by atoms with Crippen molar-refractivity contribution >= 4 is 23.4 Å². The van der Waals surface area contributed by atoms with Crippen LogP contribution in [0.5, 0.6) is 5.75 Å². The van der Waals surface area contributed by atoms with E-state index in [1.807, 2.05) is 66.7 Å². The average Bonchev–Trinajstić information content (AvgIpc) is 2.83. The summed E-state index contributed by atoms with van der Waals surface area (Å²) in [5.74, 6) is 0.355. The normalized spacial score (nSPS) is 11.5. The molecule has 32 heavy (non-hydrogen) atoms. The number of hydrogen-bond donors (Lipinski definition) is 1. The predicted molar refractivity (Wildman–Crippen MR) is 127 cm³/mol. The van der Waals surface area contributed by atoms with Gasteiger partial charge in [0.05, 0.1) is 13.5 Å². The van der Waals surface area contributed by atoms with Crippen molar-refractivity contribution in [1.29, 1.82) is 0 Å². The van der Waals surface area contributed by atoms with Crippen molar-refractivity contribution in [2.24, 2.45) is 0 Å². The zero-order valence-corrected chi connectivity index (χ0v) is 19.0. The monoisotopic (exact) mass is 450 g/mol. The second-order valence-corrected chi connectivity index (χ2v) is 7.93. The van der Waals surface area contributed by atoms with Crippen molar-refractivity contribution < 1.29 is 14.3 Å². The van der Waals surface area contributed by atoms with Crippen molar-refractivity contribution in [3.8, 4) is 5.75 Å². The quantitative estimate of drug-likeness (QED) is 0.529. The van der Waals surface area contributed by atoms with Gasteiger partial charge in [-0.2, -0.15) is 0 Å². The lowest BCUT2D eigenvalue weighted by molar-refractivity contribution is -0.140. The molecule has 5 nitrogen and oxygen atoms in total. The molecule has 0 heterocycles. The van der Waals surface area contributed by atoms with Gasteiger partial charge in [-0.15, -0.1) is 0 Å². The van der Waals surface area contributed by atoms with Crippen LogP contribution < -0.4 is 10.1 Å². The van der Waals surface area contributed by atoms with E-state index in [1.54, 1.807) is 31.2 Å². The summed E-state index contributed by atoms with van der Waals surface area (Å²) in [7, 11) is 3.19. The van der Waals surface area contributed by atoms with Gasteiger partial charge in [0.1, 0.15) is 11.8 Å². The molecule has 1 N–H and O–H groups in total. The number of nitrogens with zero attached hydrogens (tertiary/aromatic N) is 1. The molecule has 0 unspecified atom stereocenters. The Morgan fingerprint density at radius 2 is 1.62 bits per heavy atom. The van der Waals surface area contributed by atoms with Gasteiger partial charge >= 0.3 is 0 Å². The molecule has 0 spiro atoms. The van der Waals surface area contributed by atoms with E-state index < -0.39 is 6.04 Å². The van der Waals surface area contributed by atoms with Crippen LogP contribution in [0.1, 0.15) is 16.7 Å². The highest BCUT2D eigenvalue weighted by molar-refractivity contribution is 6.30. The molecule has 0 bridgehead atoms. The standard InChI is InChI=1S/C26H27ClN2O3/c1-28-26(31)24(16-19-7-4-3-5-8-19)29(18-21-9-6-10-23(15-21)32-2)25(30)17-20-11-13-22(27)14-12-20/h3-15,24H,16-18H2,1-2H3,(H,28,31)/t24-/m0/s1. The molecule has 2 amide bonds. The molecule has 166 valence electrons. The van der Waals surface area contributed by atoms with Gasteiger partial charge in [0.25, 0.3) is 0 Å². The molecule has 0 saturated heterocycles. The van der Waals surface area contributed by atoms with Crippen LogP contribution in [0.2, 0.25) is 5.02 Å². The number of ether oxygens (including phenoxy) is 1. The number of rotatable bonds is 9. The van der Waals surface area contributed by atoms with E-state index in [4.69, 9.17) is 16.3 Å². The molecule has 3 aromatic carbocycles. The first-order valence-corrected chi connectivity index (χ1v) is 10.8. The van der Waals surface area contributed by atoms with Crippen LogP contribution in [0, 0.1) is 0 Å². The van der Waals surface area contributed by atoms with Crippen LogP contribution in [0.15, 0.2) is 78.9 Å². The number of likely N-dealkylation sites (N-methyl/N-ethyl adjacent to an activating group) is 1. The summed E-state index contributed by atoms with van der Waals surface area (Å²) in [4.78, 5) is 28.1. The van der Waals surface area contributed by atoms with Crippen molar-refractivity contribution in [3.05, 3.63) is 101 Å². The Labute approximate surface area is 194 Å². The lowest BCUT2D eigenvalue weighted by Crippen LogP contribution is -2.50. The highest BCUT2D eigenvalue weighted by Crippen LogP contribution is 2.20. The van der Waals surface area contributed by atoms with Gasteiger partial charge < -0.3 is 15.0 Å². The van der Waals surface area contributed by atoms with Gasteiger partial charge in [0, 0.05) is 25.0 Å². The molecule has 0 aliphatic carbocycles. The first-order valence-electron chi connectivity index (χ1n) is 10.4. The number of halogens is 1. The third kappa shape index (κ3) is 6.34. The Hall–Kier alpha value is -3.31. The maximum absolute atomic E-state index is 13.5. The van der Waals surface area contributed by atoms with Crippen LogP contribution in [-0.4, -0.2) is 36.9 Å². The fourth-order valence-electron chi connectivity index (χ4n) is 3.57. The van der Waals surface area contributed by atoms with Crippen molar-refractivity contribution in [2.75, 3.05) is 14.2 Å². The predicted octanol–water partition coefficient (Wildman–Crippen LogP) is 4.28. The number of carbonyl (C=O) groups is 2. The molecular weight excluding hydrogens is 424 g/mol. The number of nitrogens with one attached hydrogen (secondary N) is 1. The number of carbonyl (C=O) groups excluding carboxylic acids is 2. The highest BCUT2D eigenvalue weighted by Gasteiger charge is 2.29. The third-order valence-electron chi connectivity index (χ3n) is 5.27. The molecule has 0 radical (unpaired) electrons. The number of methoxy groups -OCH3 is 1. The van der Waals surface area contributed by atoms with E-state index in [0.29, 0.717) is 17.2 Å². The minimum absolute atomic E-state index is 0.139. The van der Waals surface area contributed by atoms with Crippen LogP contribution >= 0.6 is 11.6 Å². The van der Waals surface area contributed by atoms with Gasteiger partial charge in [-0.05, 0) is 41.0 Å². The minimum Gasteiger partial charge on any atom is -0.497 e. The van der Waals surface area contributed by atoms with E-state index in [-0.39, 0.29) is 24.8 Å². The lowest BCUT2D eigenvalue weighted by atomic mass is 10.0. The summed E-state index contributed by atoms with van der Waals surface area (Å²) < 4.78 is 5.33. The summed E-state index contributed by atoms with van der Waals surface area (Å²) in [6.07, 6.45) is 0.584. The molecule has 1 atom stereocenters. The van der Waals surface area contributed by atoms with Gasteiger partial charge in [-0.1, -0.05) is 66.2 Å². The molecule has 0 aromatic heterocycles. The number of hydrogen-bond acceptors (Lipinski definition) is 3. The van der Waals surface area contributed by atoms with E-state index in [9.17, 15) is 9.59 Å². The minimum atomic E-state index is -0.659. The van der Waals surface area contributed by atoms with Gasteiger partial charge in [-0.25, -0.2) is 0 Å². The van der Waals surface area contributed by atoms with Crippen LogP contribution in [0.4, 0.5) is 0 Å². The summed E-state index contributed by atoms with van der Waals surface area (Å²) in [6.45, 7) is 0.286. The van der Waals surface area contributed by atoms with Crippen LogP contribution in [0.25, 0.3) is 0 Å². The smallest absolute Gasteiger partial charge is 0.242 e. The molecule has 3 aromatic rings. The third-order valence-corrected chi connectivity index (χ3v) is 5.53. The Kier molecular flexibility index (Phi) is 8.28. The molecule has 0 saturated carbocycles. The van der Waals surface area contributed by atoms with Gasteiger partial charge in [-0.3, -0.25) is 9.59 Å². The first kappa shape index (κ1) is 23.4. The largest absolute Gasteiger partial charge is 0.497 e. The molecule has 0 aliphatic rings. The maximum atomic E-state index is 13.5. The SMILES string of the molecule is CNC(=O)[C@H](Cc1ccccc1)N(Cc1cccc(OC)c1)C(=O)Cc1ccc(Cl)cc1. The van der Waals surface area contributed by atoms with Crippen LogP contribution in [-0.2, 0) is 29.0 Å². The molecule has 0 fully saturated rings. The topological polar surface area (TPSA) is 58.6 Å². The van der Waals surface area contributed by atoms with Crippen molar-refractivity contribution in [3.63, 3.8) is 0 Å². The second-order valence-electron chi connectivity index (χ2n) is 7.50. The van der Waals surface area contributed by atoms with Gasteiger partial charge in [0.15, 0.2) is 0 Å². The molecule has 0 aliphatic heterocycles. The molecular formula is C26H27ClN2O3.